The second kappa shape index (κ2) is 5.10. The van der Waals surface area contributed by atoms with Gasteiger partial charge in [-0.2, -0.15) is 0 Å². The van der Waals surface area contributed by atoms with Crippen LogP contribution < -0.4 is 10.2 Å². The molecule has 0 saturated carbocycles. The Labute approximate surface area is 143 Å². The summed E-state index contributed by atoms with van der Waals surface area (Å²) < 4.78 is 0. The van der Waals surface area contributed by atoms with Crippen LogP contribution >= 0.6 is 0 Å². The summed E-state index contributed by atoms with van der Waals surface area (Å²) in [6.45, 7) is 0.999. The van der Waals surface area contributed by atoms with Crippen molar-refractivity contribution in [1.82, 2.24) is 0 Å². The molecule has 0 saturated heterocycles. The van der Waals surface area contributed by atoms with Crippen LogP contribution in [0.1, 0.15) is 13.4 Å². The van der Waals surface area contributed by atoms with Gasteiger partial charge in [-0.25, -0.2) is 4.99 Å². The SMILES string of the molecule is C1=CC(N2CCc3ccccc32)=NC2(Nc3ccccc3)C=C1C2.[HH]. The Bertz CT molecular complexity index is 885. The van der Waals surface area contributed by atoms with Gasteiger partial charge in [0.05, 0.1) is 0 Å². The van der Waals surface area contributed by atoms with Crippen molar-refractivity contribution in [1.29, 1.82) is 0 Å². The zero-order valence-electron chi connectivity index (χ0n) is 13.4. The monoisotopic (exact) mass is 315 g/mol. The molecule has 3 heteroatoms. The van der Waals surface area contributed by atoms with Gasteiger partial charge < -0.3 is 10.2 Å². The van der Waals surface area contributed by atoms with Crippen molar-refractivity contribution in [2.45, 2.75) is 18.5 Å². The van der Waals surface area contributed by atoms with Gasteiger partial charge in [0.2, 0.25) is 0 Å². The van der Waals surface area contributed by atoms with Gasteiger partial charge in [-0.1, -0.05) is 42.5 Å². The van der Waals surface area contributed by atoms with Gasteiger partial charge in [-0.3, -0.25) is 0 Å². The summed E-state index contributed by atoms with van der Waals surface area (Å²) in [5.74, 6) is 1.05. The Morgan fingerprint density at radius 3 is 2.67 bits per heavy atom. The van der Waals surface area contributed by atoms with Gasteiger partial charge in [-0.15, -0.1) is 0 Å². The van der Waals surface area contributed by atoms with Gasteiger partial charge in [0, 0.05) is 25.8 Å². The molecular weight excluding hydrogens is 294 g/mol. The molecule has 24 heavy (non-hydrogen) atoms. The smallest absolute Gasteiger partial charge is 0.155 e. The van der Waals surface area contributed by atoms with E-state index < -0.39 is 0 Å². The molecule has 6 rings (SSSR count). The van der Waals surface area contributed by atoms with Crippen molar-refractivity contribution < 1.29 is 1.43 Å². The van der Waals surface area contributed by atoms with Crippen molar-refractivity contribution in [2.24, 2.45) is 4.99 Å². The van der Waals surface area contributed by atoms with E-state index >= 15 is 0 Å². The fraction of sp³-hybridized carbons (Fsp3) is 0.190. The highest BCUT2D eigenvalue weighted by molar-refractivity contribution is 6.08. The Hall–Kier alpha value is -2.81. The van der Waals surface area contributed by atoms with E-state index in [1.807, 2.05) is 6.07 Å². The van der Waals surface area contributed by atoms with Gasteiger partial charge in [0.15, 0.2) is 5.66 Å². The van der Waals surface area contributed by atoms with Gasteiger partial charge in [0.25, 0.3) is 0 Å². The number of para-hydroxylation sites is 2. The summed E-state index contributed by atoms with van der Waals surface area (Å²) in [6.07, 6.45) is 8.64. The molecule has 3 nitrogen and oxygen atoms in total. The molecule has 0 amide bonds. The molecule has 2 aromatic carbocycles. The molecule has 1 unspecified atom stereocenters. The van der Waals surface area contributed by atoms with Crippen LogP contribution in [0.3, 0.4) is 0 Å². The molecule has 1 aliphatic carbocycles. The van der Waals surface area contributed by atoms with E-state index in [0.29, 0.717) is 0 Å². The van der Waals surface area contributed by atoms with E-state index in [4.69, 9.17) is 4.99 Å². The van der Waals surface area contributed by atoms with Crippen LogP contribution in [0.2, 0.25) is 0 Å². The summed E-state index contributed by atoms with van der Waals surface area (Å²) >= 11 is 0. The fourth-order valence-electron chi connectivity index (χ4n) is 3.80. The van der Waals surface area contributed by atoms with Gasteiger partial charge in [-0.05, 0) is 47.9 Å². The lowest BCUT2D eigenvalue weighted by atomic mass is 9.86. The first kappa shape index (κ1) is 13.6. The number of allylic oxidation sites excluding steroid dienone is 1. The van der Waals surface area contributed by atoms with E-state index in [1.54, 1.807) is 0 Å². The highest BCUT2D eigenvalue weighted by atomic mass is 15.3. The first-order chi connectivity index (χ1) is 11.8. The van der Waals surface area contributed by atoms with E-state index in [-0.39, 0.29) is 7.09 Å². The third kappa shape index (κ3) is 2.16. The molecule has 0 radical (unpaired) electrons. The lowest BCUT2D eigenvalue weighted by Gasteiger charge is -2.37. The normalized spacial score (nSPS) is 23.8. The third-order valence-electron chi connectivity index (χ3n) is 4.96. The van der Waals surface area contributed by atoms with Crippen LogP contribution in [0.4, 0.5) is 11.4 Å². The van der Waals surface area contributed by atoms with Crippen LogP contribution in [0.15, 0.2) is 83.4 Å². The first-order valence-corrected chi connectivity index (χ1v) is 8.50. The van der Waals surface area contributed by atoms with Gasteiger partial charge >= 0.3 is 0 Å². The van der Waals surface area contributed by atoms with Gasteiger partial charge in [0.1, 0.15) is 5.84 Å². The van der Waals surface area contributed by atoms with Crippen molar-refractivity contribution in [3.63, 3.8) is 0 Å². The standard InChI is InChI=1S/C21H19N3.H2/c1-2-7-18(8-3-1)22-21-14-16(15-21)10-11-20(23-21)24-13-12-17-6-4-5-9-19(17)24;/h1-11,14,22H,12-13,15H2;1H. The number of rotatable bonds is 2. The van der Waals surface area contributed by atoms with E-state index in [0.717, 1.165) is 30.9 Å². The minimum absolute atomic E-state index is 0. The summed E-state index contributed by atoms with van der Waals surface area (Å²) in [4.78, 5) is 7.46. The summed E-state index contributed by atoms with van der Waals surface area (Å²) in [6, 6.07) is 19.0. The minimum atomic E-state index is -0.312. The van der Waals surface area contributed by atoms with E-state index in [9.17, 15) is 0 Å². The predicted molar refractivity (Wildman–Crippen MR) is 102 cm³/mol. The summed E-state index contributed by atoms with van der Waals surface area (Å²) in [7, 11) is 0. The molecule has 3 aliphatic heterocycles. The van der Waals surface area contributed by atoms with E-state index in [1.165, 1.54) is 16.8 Å². The fourth-order valence-corrected chi connectivity index (χ4v) is 3.80. The first-order valence-electron chi connectivity index (χ1n) is 8.50. The Kier molecular flexibility index (Phi) is 2.89. The number of hydrogen-bond acceptors (Lipinski definition) is 3. The quantitative estimate of drug-likeness (QED) is 0.889. The Balaban J connectivity index is 0.00000157. The molecule has 3 heterocycles. The number of nitrogens with zero attached hydrogens (tertiary/aromatic N) is 2. The molecular formula is C21H21N3. The zero-order valence-corrected chi connectivity index (χ0v) is 13.4. The second-order valence-corrected chi connectivity index (χ2v) is 6.64. The molecule has 2 aromatic rings. The van der Waals surface area contributed by atoms with Crippen molar-refractivity contribution in [3.05, 3.63) is 84.0 Å². The number of fused-ring (bicyclic) bond motifs is 2. The molecule has 4 aliphatic rings. The maximum atomic E-state index is 5.12. The molecule has 120 valence electrons. The number of anilines is 2. The van der Waals surface area contributed by atoms with E-state index in [2.05, 4.69) is 77.0 Å². The highest BCUT2D eigenvalue weighted by Gasteiger charge is 2.38. The zero-order chi connectivity index (χ0) is 16.0. The number of nitrogens with one attached hydrogen (secondary N) is 1. The average Bonchev–Trinajstić information content (AvgIpc) is 2.83. The molecule has 0 spiro atoms. The topological polar surface area (TPSA) is 27.6 Å². The van der Waals surface area contributed by atoms with Crippen molar-refractivity contribution in [3.8, 4) is 0 Å². The van der Waals surface area contributed by atoms with Crippen LogP contribution in [0.5, 0.6) is 0 Å². The lowest BCUT2D eigenvalue weighted by molar-refractivity contribution is 0.550. The number of amidine groups is 1. The molecule has 2 bridgehead atoms. The number of aliphatic imine (C=N–C) groups is 1. The maximum Gasteiger partial charge on any atom is 0.155 e. The average molecular weight is 315 g/mol. The molecule has 1 N–H and O–H groups in total. The lowest BCUT2D eigenvalue weighted by Crippen LogP contribution is -2.42. The van der Waals surface area contributed by atoms with Crippen LogP contribution in [0, 0.1) is 0 Å². The number of benzene rings is 2. The summed E-state index contributed by atoms with van der Waals surface area (Å²) in [5, 5.41) is 3.61. The minimum Gasteiger partial charge on any atom is -0.358 e. The maximum absolute atomic E-state index is 5.12. The third-order valence-corrected chi connectivity index (χ3v) is 4.96. The van der Waals surface area contributed by atoms with Crippen LogP contribution in [-0.4, -0.2) is 18.0 Å². The number of hydrogen-bond donors (Lipinski definition) is 1. The van der Waals surface area contributed by atoms with Crippen LogP contribution in [0.25, 0.3) is 0 Å². The van der Waals surface area contributed by atoms with Crippen LogP contribution in [-0.2, 0) is 6.42 Å². The molecule has 1 atom stereocenters. The van der Waals surface area contributed by atoms with Crippen molar-refractivity contribution in [2.75, 3.05) is 16.8 Å². The highest BCUT2D eigenvalue weighted by Crippen LogP contribution is 2.39. The second-order valence-electron chi connectivity index (χ2n) is 6.64. The van der Waals surface area contributed by atoms with Crippen molar-refractivity contribution >= 4 is 17.2 Å². The summed E-state index contributed by atoms with van der Waals surface area (Å²) in [5.41, 5.74) is 4.85. The molecule has 0 fully saturated rings. The Morgan fingerprint density at radius 2 is 1.79 bits per heavy atom. The molecule has 0 aromatic heterocycles. The Morgan fingerprint density at radius 1 is 1.00 bits per heavy atom. The largest absolute Gasteiger partial charge is 0.358 e. The predicted octanol–water partition coefficient (Wildman–Crippen LogP) is 4.40.